The summed E-state index contributed by atoms with van der Waals surface area (Å²) >= 11 is 1.51. The molecule has 1 amide bonds. The minimum Gasteiger partial charge on any atom is -0.454 e. The first-order chi connectivity index (χ1) is 15.2. The predicted octanol–water partition coefficient (Wildman–Crippen LogP) is 3.47. The van der Waals surface area contributed by atoms with E-state index in [0.717, 1.165) is 41.3 Å². The zero-order valence-electron chi connectivity index (χ0n) is 18.0. The van der Waals surface area contributed by atoms with Gasteiger partial charge in [-0.25, -0.2) is 0 Å². The van der Waals surface area contributed by atoms with Gasteiger partial charge in [0.2, 0.25) is 18.6 Å². The highest BCUT2D eigenvalue weighted by Gasteiger charge is 2.32. The predicted molar refractivity (Wildman–Crippen MR) is 119 cm³/mol. The van der Waals surface area contributed by atoms with Crippen molar-refractivity contribution in [1.29, 1.82) is 0 Å². The third-order valence-corrected chi connectivity index (χ3v) is 6.99. The van der Waals surface area contributed by atoms with Crippen LogP contribution in [0.15, 0.2) is 23.4 Å². The lowest BCUT2D eigenvalue weighted by molar-refractivity contribution is -0.128. The fraction of sp³-hybridized carbons (Fsp3) is 0.591. The van der Waals surface area contributed by atoms with Crippen molar-refractivity contribution in [3.05, 3.63) is 23.8 Å². The summed E-state index contributed by atoms with van der Waals surface area (Å²) in [7, 11) is 0. The van der Waals surface area contributed by atoms with Gasteiger partial charge in [-0.1, -0.05) is 17.8 Å². The highest BCUT2D eigenvalue weighted by molar-refractivity contribution is 7.99. The Balaban J connectivity index is 1.23. The maximum absolute atomic E-state index is 13.0. The molecule has 3 aliphatic rings. The highest BCUT2D eigenvalue weighted by atomic mass is 32.2. The third kappa shape index (κ3) is 4.46. The molecule has 8 nitrogen and oxygen atoms in total. The molecule has 0 unspecified atom stereocenters. The van der Waals surface area contributed by atoms with Gasteiger partial charge in [-0.05, 0) is 56.7 Å². The van der Waals surface area contributed by atoms with E-state index in [1.807, 2.05) is 30.0 Å². The zero-order chi connectivity index (χ0) is 21.2. The van der Waals surface area contributed by atoms with Crippen LogP contribution in [0.5, 0.6) is 11.5 Å². The van der Waals surface area contributed by atoms with E-state index < -0.39 is 0 Å². The highest BCUT2D eigenvalue weighted by Crippen LogP contribution is 2.41. The van der Waals surface area contributed by atoms with E-state index in [4.69, 9.17) is 9.47 Å². The second kappa shape index (κ2) is 8.98. The number of rotatable bonds is 8. The number of nitrogens with zero attached hydrogens (tertiary/aromatic N) is 5. The minimum atomic E-state index is 0.107. The van der Waals surface area contributed by atoms with Crippen LogP contribution < -0.4 is 14.4 Å². The van der Waals surface area contributed by atoms with E-state index in [9.17, 15) is 4.79 Å². The zero-order valence-corrected chi connectivity index (χ0v) is 18.8. The number of carbonyl (C=O) groups is 1. The van der Waals surface area contributed by atoms with Crippen molar-refractivity contribution in [2.24, 2.45) is 0 Å². The number of benzene rings is 1. The normalized spacial score (nSPS) is 17.8. The molecule has 0 spiro atoms. The molecule has 5 rings (SSSR count). The summed E-state index contributed by atoms with van der Waals surface area (Å²) in [6.45, 7) is 5.58. The van der Waals surface area contributed by atoms with Crippen molar-refractivity contribution >= 4 is 23.6 Å². The Kier molecular flexibility index (Phi) is 5.93. The quantitative estimate of drug-likeness (QED) is 0.579. The lowest BCUT2D eigenvalue weighted by Gasteiger charge is -2.27. The Bertz CT molecular complexity index is 939. The molecule has 1 saturated heterocycles. The third-order valence-electron chi connectivity index (χ3n) is 6.07. The maximum Gasteiger partial charge on any atom is 0.233 e. The summed E-state index contributed by atoms with van der Waals surface area (Å²) in [5.74, 6) is 2.97. The van der Waals surface area contributed by atoms with Gasteiger partial charge in [-0.2, -0.15) is 0 Å². The molecule has 2 fully saturated rings. The van der Waals surface area contributed by atoms with E-state index >= 15 is 0 Å². The van der Waals surface area contributed by atoms with Gasteiger partial charge in [0, 0.05) is 32.2 Å². The number of fused-ring (bicyclic) bond motifs is 1. The number of carbonyl (C=O) groups excluding carboxylic acids is 1. The second-order valence-corrected chi connectivity index (χ2v) is 9.26. The molecule has 9 heteroatoms. The van der Waals surface area contributed by atoms with Crippen LogP contribution in [0.3, 0.4) is 0 Å². The van der Waals surface area contributed by atoms with E-state index in [1.165, 1.54) is 43.9 Å². The SMILES string of the molecule is CCN(Cc1ccc2c(c1)OCO2)C(=O)CSc1nnc(N2CCCCC2)n1C1CC1. The Morgan fingerprint density at radius 2 is 1.97 bits per heavy atom. The molecule has 0 radical (unpaired) electrons. The molecule has 1 aromatic heterocycles. The molecule has 2 aromatic rings. The van der Waals surface area contributed by atoms with Crippen molar-refractivity contribution in [3.63, 3.8) is 0 Å². The maximum atomic E-state index is 13.0. The monoisotopic (exact) mass is 443 g/mol. The fourth-order valence-electron chi connectivity index (χ4n) is 4.18. The summed E-state index contributed by atoms with van der Waals surface area (Å²) < 4.78 is 13.1. The van der Waals surface area contributed by atoms with Crippen molar-refractivity contribution < 1.29 is 14.3 Å². The molecule has 0 atom stereocenters. The number of thioether (sulfide) groups is 1. The average Bonchev–Trinajstić information content (AvgIpc) is 3.38. The van der Waals surface area contributed by atoms with E-state index in [0.29, 0.717) is 24.9 Å². The fourth-order valence-corrected chi connectivity index (χ4v) is 5.09. The summed E-state index contributed by atoms with van der Waals surface area (Å²) in [5, 5.41) is 9.85. The Morgan fingerprint density at radius 3 is 2.74 bits per heavy atom. The first-order valence-corrected chi connectivity index (χ1v) is 12.2. The molecular formula is C22H29N5O3S. The van der Waals surface area contributed by atoms with Gasteiger partial charge in [0.05, 0.1) is 5.75 Å². The molecule has 0 bridgehead atoms. The number of hydrogen-bond acceptors (Lipinski definition) is 7. The van der Waals surface area contributed by atoms with Crippen LogP contribution >= 0.6 is 11.8 Å². The Labute approximate surface area is 186 Å². The van der Waals surface area contributed by atoms with Crippen LogP contribution in [0.25, 0.3) is 0 Å². The largest absolute Gasteiger partial charge is 0.454 e. The van der Waals surface area contributed by atoms with Crippen LogP contribution in [0.4, 0.5) is 5.95 Å². The minimum absolute atomic E-state index is 0.107. The van der Waals surface area contributed by atoms with E-state index in [2.05, 4.69) is 19.7 Å². The molecule has 1 saturated carbocycles. The van der Waals surface area contributed by atoms with Gasteiger partial charge in [-0.3, -0.25) is 9.36 Å². The van der Waals surface area contributed by atoms with Crippen LogP contribution in [0, 0.1) is 0 Å². The first kappa shape index (κ1) is 20.5. The van der Waals surface area contributed by atoms with Gasteiger partial charge in [0.25, 0.3) is 0 Å². The Morgan fingerprint density at radius 1 is 1.16 bits per heavy atom. The average molecular weight is 444 g/mol. The summed E-state index contributed by atoms with van der Waals surface area (Å²) in [6.07, 6.45) is 6.06. The molecule has 1 aliphatic carbocycles. The van der Waals surface area contributed by atoms with Crippen molar-refractivity contribution in [1.82, 2.24) is 19.7 Å². The van der Waals surface area contributed by atoms with Crippen LogP contribution in [-0.4, -0.2) is 57.8 Å². The van der Waals surface area contributed by atoms with Gasteiger partial charge in [0.1, 0.15) is 0 Å². The van der Waals surface area contributed by atoms with Crippen molar-refractivity contribution in [2.45, 2.75) is 56.8 Å². The summed E-state index contributed by atoms with van der Waals surface area (Å²) in [4.78, 5) is 17.2. The molecular weight excluding hydrogens is 414 g/mol. The van der Waals surface area contributed by atoms with Gasteiger partial charge < -0.3 is 19.3 Å². The summed E-state index contributed by atoms with van der Waals surface area (Å²) in [5.41, 5.74) is 1.04. The number of ether oxygens (including phenoxy) is 2. The van der Waals surface area contributed by atoms with Crippen LogP contribution in [-0.2, 0) is 11.3 Å². The van der Waals surface area contributed by atoms with Gasteiger partial charge in [0.15, 0.2) is 16.7 Å². The van der Waals surface area contributed by atoms with Crippen LogP contribution in [0.2, 0.25) is 0 Å². The Hall–Kier alpha value is -2.42. The number of piperidine rings is 1. The van der Waals surface area contributed by atoms with E-state index in [-0.39, 0.29) is 12.7 Å². The van der Waals surface area contributed by atoms with Crippen molar-refractivity contribution in [3.8, 4) is 11.5 Å². The lowest BCUT2D eigenvalue weighted by Crippen LogP contribution is -2.32. The van der Waals surface area contributed by atoms with E-state index in [1.54, 1.807) is 0 Å². The van der Waals surface area contributed by atoms with Crippen molar-refractivity contribution in [2.75, 3.05) is 37.1 Å². The first-order valence-electron chi connectivity index (χ1n) is 11.2. The topological polar surface area (TPSA) is 72.7 Å². The molecule has 1 aromatic carbocycles. The standard InChI is InChI=1S/C22H29N5O3S/c1-2-25(13-16-6-9-18-19(12-16)30-15-29-18)20(28)14-31-22-24-23-21(27(22)17-7-8-17)26-10-4-3-5-11-26/h6,9,12,17H,2-5,7-8,10-11,13-15H2,1H3. The molecule has 0 N–H and O–H groups in total. The number of amides is 1. The smallest absolute Gasteiger partial charge is 0.233 e. The molecule has 2 aliphatic heterocycles. The second-order valence-electron chi connectivity index (χ2n) is 8.32. The molecule has 3 heterocycles. The molecule has 166 valence electrons. The van der Waals surface area contributed by atoms with Gasteiger partial charge >= 0.3 is 0 Å². The molecule has 31 heavy (non-hydrogen) atoms. The number of aromatic nitrogens is 3. The van der Waals surface area contributed by atoms with Crippen LogP contribution in [0.1, 0.15) is 50.6 Å². The van der Waals surface area contributed by atoms with Gasteiger partial charge in [-0.15, -0.1) is 10.2 Å². The summed E-state index contributed by atoms with van der Waals surface area (Å²) in [6, 6.07) is 6.34. The number of hydrogen-bond donors (Lipinski definition) is 0. The lowest BCUT2D eigenvalue weighted by atomic mass is 10.1. The number of anilines is 1.